The van der Waals surface area contributed by atoms with Crippen LogP contribution in [0.4, 0.5) is 0 Å². The van der Waals surface area contributed by atoms with E-state index in [2.05, 4.69) is 24.9 Å². The van der Waals surface area contributed by atoms with Gasteiger partial charge in [-0.15, -0.1) is 0 Å². The molecule has 116 valence electrons. The molecule has 1 saturated heterocycles. The van der Waals surface area contributed by atoms with Crippen LogP contribution in [0.25, 0.3) is 6.08 Å². The second-order valence-corrected chi connectivity index (χ2v) is 5.57. The molecule has 0 bridgehead atoms. The molecule has 1 aromatic heterocycles. The molecule has 0 aliphatic carbocycles. The second-order valence-electron chi connectivity index (χ2n) is 5.57. The van der Waals surface area contributed by atoms with E-state index in [0.29, 0.717) is 12.5 Å². The molecule has 0 saturated carbocycles. The fourth-order valence-electron chi connectivity index (χ4n) is 2.53. The second kappa shape index (κ2) is 7.52. The molecule has 0 radical (unpaired) electrons. The van der Waals surface area contributed by atoms with Gasteiger partial charge in [-0.25, -0.2) is 9.78 Å². The zero-order chi connectivity index (χ0) is 15.2. The van der Waals surface area contributed by atoms with Crippen molar-refractivity contribution in [3.8, 4) is 0 Å². The average Bonchev–Trinajstić information content (AvgIpc) is 2.83. The Morgan fingerprint density at radius 3 is 3.10 bits per heavy atom. The predicted molar refractivity (Wildman–Crippen MR) is 82.0 cm³/mol. The molecule has 1 unspecified atom stereocenters. The van der Waals surface area contributed by atoms with Gasteiger partial charge in [-0.1, -0.05) is 32.4 Å². The van der Waals surface area contributed by atoms with Crippen molar-refractivity contribution in [3.05, 3.63) is 34.5 Å². The molecule has 5 nitrogen and oxygen atoms in total. The van der Waals surface area contributed by atoms with E-state index in [-0.39, 0.29) is 18.0 Å². The van der Waals surface area contributed by atoms with Crippen LogP contribution in [-0.4, -0.2) is 29.4 Å². The van der Waals surface area contributed by atoms with Gasteiger partial charge >= 0.3 is 5.69 Å². The third-order valence-electron chi connectivity index (χ3n) is 3.78. The monoisotopic (exact) mass is 292 g/mol. The summed E-state index contributed by atoms with van der Waals surface area (Å²) >= 11 is 0. The number of rotatable bonds is 6. The fourth-order valence-corrected chi connectivity index (χ4v) is 2.53. The van der Waals surface area contributed by atoms with E-state index in [1.54, 1.807) is 17.9 Å². The molecule has 2 rings (SSSR count). The van der Waals surface area contributed by atoms with Crippen molar-refractivity contribution in [2.75, 3.05) is 13.7 Å². The summed E-state index contributed by atoms with van der Waals surface area (Å²) in [5.74, 6) is 0.362. The van der Waals surface area contributed by atoms with Crippen LogP contribution >= 0.6 is 0 Å². The zero-order valence-electron chi connectivity index (χ0n) is 13.0. The van der Waals surface area contributed by atoms with Crippen molar-refractivity contribution in [1.82, 2.24) is 9.55 Å². The molecular weight excluding hydrogens is 268 g/mol. The van der Waals surface area contributed by atoms with Crippen LogP contribution < -0.4 is 5.69 Å². The first kappa shape index (κ1) is 15.9. The van der Waals surface area contributed by atoms with Gasteiger partial charge in [-0.2, -0.15) is 0 Å². The molecule has 1 aliphatic rings. The molecule has 1 aromatic rings. The minimum atomic E-state index is -0.266. The van der Waals surface area contributed by atoms with E-state index in [0.717, 1.165) is 24.8 Å². The van der Waals surface area contributed by atoms with Crippen molar-refractivity contribution in [2.24, 2.45) is 5.92 Å². The Kier molecular flexibility index (Phi) is 5.70. The van der Waals surface area contributed by atoms with Gasteiger partial charge in [0.2, 0.25) is 0 Å². The highest BCUT2D eigenvalue weighted by Crippen LogP contribution is 2.32. The number of aromatic nitrogens is 2. The maximum Gasteiger partial charge on any atom is 0.349 e. The first-order valence-corrected chi connectivity index (χ1v) is 7.54. The van der Waals surface area contributed by atoms with Gasteiger partial charge in [0.25, 0.3) is 0 Å². The molecule has 1 aliphatic heterocycles. The summed E-state index contributed by atoms with van der Waals surface area (Å²) in [5, 5.41) is 0. The van der Waals surface area contributed by atoms with Crippen molar-refractivity contribution in [3.63, 3.8) is 0 Å². The summed E-state index contributed by atoms with van der Waals surface area (Å²) in [6, 6.07) is 0. The maximum absolute atomic E-state index is 12.0. The average molecular weight is 292 g/mol. The summed E-state index contributed by atoms with van der Waals surface area (Å²) in [7, 11) is 1.66. The Labute approximate surface area is 125 Å². The number of allylic oxidation sites excluding steroid dienone is 1. The van der Waals surface area contributed by atoms with Crippen LogP contribution in [-0.2, 0) is 9.47 Å². The fraction of sp³-hybridized carbons (Fsp3) is 0.625. The molecule has 21 heavy (non-hydrogen) atoms. The normalized spacial score (nSPS) is 25.8. The maximum atomic E-state index is 12.0. The number of hydrogen-bond acceptors (Lipinski definition) is 4. The van der Waals surface area contributed by atoms with Crippen LogP contribution in [0.15, 0.2) is 23.3 Å². The van der Waals surface area contributed by atoms with Gasteiger partial charge in [0, 0.05) is 25.1 Å². The van der Waals surface area contributed by atoms with Gasteiger partial charge in [-0.3, -0.25) is 4.57 Å². The molecule has 0 aromatic carbocycles. The summed E-state index contributed by atoms with van der Waals surface area (Å²) < 4.78 is 12.7. The lowest BCUT2D eigenvalue weighted by molar-refractivity contribution is -0.0404. The lowest BCUT2D eigenvalue weighted by atomic mass is 10.0. The van der Waals surface area contributed by atoms with E-state index < -0.39 is 0 Å². The van der Waals surface area contributed by atoms with E-state index in [9.17, 15) is 4.79 Å². The van der Waals surface area contributed by atoms with Crippen LogP contribution in [0.3, 0.4) is 0 Å². The Morgan fingerprint density at radius 2 is 2.38 bits per heavy atom. The molecular formula is C16H24N2O3. The molecule has 0 N–H and O–H groups in total. The predicted octanol–water partition coefficient (Wildman–Crippen LogP) is 2.63. The molecule has 3 atom stereocenters. The van der Waals surface area contributed by atoms with Gasteiger partial charge in [0.1, 0.15) is 6.23 Å². The Hall–Kier alpha value is -1.46. The third kappa shape index (κ3) is 4.02. The van der Waals surface area contributed by atoms with Crippen LogP contribution in [0.2, 0.25) is 0 Å². The Morgan fingerprint density at radius 1 is 1.57 bits per heavy atom. The van der Waals surface area contributed by atoms with Gasteiger partial charge in [0.05, 0.1) is 12.7 Å². The zero-order valence-corrected chi connectivity index (χ0v) is 13.0. The third-order valence-corrected chi connectivity index (χ3v) is 3.78. The van der Waals surface area contributed by atoms with Crippen molar-refractivity contribution in [1.29, 1.82) is 0 Å². The highest BCUT2D eigenvalue weighted by Gasteiger charge is 2.33. The highest BCUT2D eigenvalue weighted by atomic mass is 16.5. The first-order chi connectivity index (χ1) is 10.2. The van der Waals surface area contributed by atoms with Gasteiger partial charge in [-0.05, 0) is 18.8 Å². The van der Waals surface area contributed by atoms with E-state index in [4.69, 9.17) is 9.47 Å². The first-order valence-electron chi connectivity index (χ1n) is 7.54. The summed E-state index contributed by atoms with van der Waals surface area (Å²) in [6.07, 6.45) is 10.2. The molecule has 0 spiro atoms. The minimum absolute atomic E-state index is 0.0335. The smallest absolute Gasteiger partial charge is 0.349 e. The largest absolute Gasteiger partial charge is 0.382 e. The molecule has 0 amide bonds. The summed E-state index contributed by atoms with van der Waals surface area (Å²) in [4.78, 5) is 15.9. The number of unbranched alkanes of at least 4 members (excludes halogenated alkanes) is 1. The van der Waals surface area contributed by atoms with Crippen molar-refractivity contribution >= 4 is 6.08 Å². The van der Waals surface area contributed by atoms with E-state index in [1.807, 2.05) is 12.3 Å². The number of methoxy groups -OCH3 is 1. The van der Waals surface area contributed by atoms with Crippen LogP contribution in [0, 0.1) is 5.92 Å². The van der Waals surface area contributed by atoms with Gasteiger partial charge in [0.15, 0.2) is 0 Å². The number of ether oxygens (including phenoxy) is 2. The summed E-state index contributed by atoms with van der Waals surface area (Å²) in [5.41, 5.74) is 0.660. The number of nitrogens with zero attached hydrogens (tertiary/aromatic N) is 2. The lowest BCUT2D eigenvalue weighted by Crippen LogP contribution is -2.27. The lowest BCUT2D eigenvalue weighted by Gasteiger charge is -2.16. The minimum Gasteiger partial charge on any atom is -0.382 e. The van der Waals surface area contributed by atoms with E-state index >= 15 is 0 Å². The van der Waals surface area contributed by atoms with Crippen molar-refractivity contribution in [2.45, 2.75) is 45.4 Å². The topological polar surface area (TPSA) is 53.4 Å². The van der Waals surface area contributed by atoms with Crippen LogP contribution in [0.1, 0.15) is 44.9 Å². The summed E-state index contributed by atoms with van der Waals surface area (Å²) in [6.45, 7) is 4.80. The van der Waals surface area contributed by atoms with E-state index in [1.165, 1.54) is 0 Å². The van der Waals surface area contributed by atoms with Crippen LogP contribution in [0.5, 0.6) is 0 Å². The Balaban J connectivity index is 2.16. The standard InChI is InChI=1S/C16H24N2O3/c1-4-5-6-7-13-9-17-16(19)18(10-13)15-8-12(2)14(21-15)11-20-3/h6-7,9-10,12,14-15H,4-5,8,11H2,1-3H3/b7-6+/t12?,14-,15-/m1/s1. The molecule has 2 heterocycles. The highest BCUT2D eigenvalue weighted by molar-refractivity contribution is 5.46. The SMILES string of the molecule is CCC/C=C/c1cnc(=O)n([C@H]2CC(C)[C@@H](COC)O2)c1. The quantitative estimate of drug-likeness (QED) is 0.809. The number of hydrogen-bond donors (Lipinski definition) is 0. The molecule has 5 heteroatoms. The Bertz CT molecular complexity index is 539. The van der Waals surface area contributed by atoms with Gasteiger partial charge < -0.3 is 9.47 Å². The molecule has 1 fully saturated rings. The van der Waals surface area contributed by atoms with Crippen molar-refractivity contribution < 1.29 is 9.47 Å².